The van der Waals surface area contributed by atoms with Gasteiger partial charge in [0.2, 0.25) is 0 Å². The number of hydrogen-bond donors (Lipinski definition) is 2. The van der Waals surface area contributed by atoms with Crippen molar-refractivity contribution in [1.82, 2.24) is 15.6 Å². The number of methoxy groups -OCH3 is 1. The van der Waals surface area contributed by atoms with Crippen LogP contribution >= 0.6 is 35.3 Å². The van der Waals surface area contributed by atoms with E-state index in [0.717, 1.165) is 28.2 Å². The summed E-state index contributed by atoms with van der Waals surface area (Å²) >= 11 is 1.70. The lowest BCUT2D eigenvalue weighted by atomic mass is 10.3. The Morgan fingerprint density at radius 2 is 1.92 bits per heavy atom. The van der Waals surface area contributed by atoms with Gasteiger partial charge in [-0.25, -0.2) is 4.98 Å². The lowest BCUT2D eigenvalue weighted by molar-refractivity contribution is 0.213. The van der Waals surface area contributed by atoms with E-state index in [2.05, 4.69) is 27.5 Å². The van der Waals surface area contributed by atoms with Gasteiger partial charge in [0.15, 0.2) is 17.5 Å². The van der Waals surface area contributed by atoms with Crippen LogP contribution in [0.3, 0.4) is 0 Å². The highest BCUT2D eigenvalue weighted by Crippen LogP contribution is 2.26. The summed E-state index contributed by atoms with van der Waals surface area (Å²) in [6.07, 6.45) is -0.0424. The van der Waals surface area contributed by atoms with E-state index in [9.17, 15) is 0 Å². The lowest BCUT2D eigenvalue weighted by Gasteiger charge is -2.18. The Kier molecular flexibility index (Phi) is 9.71. The molecule has 0 bridgehead atoms. The Labute approximate surface area is 176 Å². The minimum absolute atomic E-state index is 0. The minimum Gasteiger partial charge on any atom is -0.493 e. The molecule has 0 aliphatic rings. The number of aromatic nitrogens is 1. The van der Waals surface area contributed by atoms with Crippen molar-refractivity contribution in [2.45, 2.75) is 33.4 Å². The van der Waals surface area contributed by atoms with Crippen molar-refractivity contribution in [2.75, 3.05) is 20.7 Å². The van der Waals surface area contributed by atoms with Crippen LogP contribution < -0.4 is 20.1 Å². The fraction of sp³-hybridized carbons (Fsp3) is 0.444. The van der Waals surface area contributed by atoms with Crippen LogP contribution in [0.4, 0.5) is 0 Å². The number of para-hydroxylation sites is 2. The highest BCUT2D eigenvalue weighted by molar-refractivity contribution is 14.0. The molecule has 0 fully saturated rings. The van der Waals surface area contributed by atoms with Gasteiger partial charge in [0.05, 0.1) is 25.9 Å². The van der Waals surface area contributed by atoms with Crippen molar-refractivity contribution < 1.29 is 9.47 Å². The highest BCUT2D eigenvalue weighted by atomic mass is 127. The summed E-state index contributed by atoms with van der Waals surface area (Å²) in [6.45, 7) is 7.38. The topological polar surface area (TPSA) is 67.8 Å². The third kappa shape index (κ3) is 6.64. The SMILES string of the molecule is CN=C(NCc1nc(C)c(C)s1)NCC(C)Oc1ccccc1OC.I. The zero-order chi connectivity index (χ0) is 18.2. The molecule has 2 aromatic rings. The number of halogens is 1. The Morgan fingerprint density at radius 3 is 2.50 bits per heavy atom. The number of nitrogens with zero attached hydrogens (tertiary/aromatic N) is 2. The predicted octanol–water partition coefficient (Wildman–Crippen LogP) is 3.52. The maximum atomic E-state index is 5.93. The Balaban J connectivity index is 0.00000338. The van der Waals surface area contributed by atoms with E-state index >= 15 is 0 Å². The van der Waals surface area contributed by atoms with Gasteiger partial charge in [-0.1, -0.05) is 12.1 Å². The van der Waals surface area contributed by atoms with E-state index in [1.165, 1.54) is 4.88 Å². The molecule has 1 aromatic heterocycles. The molecule has 0 aliphatic heterocycles. The van der Waals surface area contributed by atoms with Crippen molar-refractivity contribution in [3.8, 4) is 11.5 Å². The zero-order valence-corrected chi connectivity index (χ0v) is 19.0. The summed E-state index contributed by atoms with van der Waals surface area (Å²) in [5.74, 6) is 2.18. The summed E-state index contributed by atoms with van der Waals surface area (Å²) in [7, 11) is 3.39. The molecule has 0 amide bonds. The van der Waals surface area contributed by atoms with Crippen molar-refractivity contribution in [3.05, 3.63) is 39.8 Å². The standard InChI is InChI=1S/C18H26N4O2S.HI/c1-12(24-16-9-7-6-8-15(16)23-5)10-20-18(19-4)21-11-17-22-13(2)14(3)25-17;/h6-9,12H,10-11H2,1-5H3,(H2,19,20,21);1H. The van der Waals surface area contributed by atoms with Crippen LogP contribution in [-0.4, -0.2) is 37.7 Å². The van der Waals surface area contributed by atoms with Crippen LogP contribution in [0, 0.1) is 13.8 Å². The van der Waals surface area contributed by atoms with Crippen molar-refractivity contribution in [1.29, 1.82) is 0 Å². The number of benzene rings is 1. The molecule has 6 nitrogen and oxygen atoms in total. The second kappa shape index (κ2) is 11.2. The van der Waals surface area contributed by atoms with Crippen LogP contribution in [0.5, 0.6) is 11.5 Å². The number of ether oxygens (including phenoxy) is 2. The molecule has 1 heterocycles. The first-order valence-electron chi connectivity index (χ1n) is 8.20. The second-order valence-electron chi connectivity index (χ2n) is 5.64. The van der Waals surface area contributed by atoms with E-state index in [1.54, 1.807) is 25.5 Å². The highest BCUT2D eigenvalue weighted by Gasteiger charge is 2.10. The number of guanidine groups is 1. The number of rotatable bonds is 7. The fourth-order valence-corrected chi connectivity index (χ4v) is 3.08. The summed E-state index contributed by atoms with van der Waals surface area (Å²) in [6, 6.07) is 7.63. The maximum Gasteiger partial charge on any atom is 0.191 e. The molecule has 1 atom stereocenters. The van der Waals surface area contributed by atoms with Gasteiger partial charge in [-0.05, 0) is 32.9 Å². The average molecular weight is 490 g/mol. The molecule has 0 saturated heterocycles. The second-order valence-corrected chi connectivity index (χ2v) is 6.92. The molecular weight excluding hydrogens is 463 g/mol. The maximum absolute atomic E-state index is 5.93. The third-order valence-corrected chi connectivity index (χ3v) is 4.73. The van der Waals surface area contributed by atoms with Gasteiger partial charge in [-0.3, -0.25) is 4.99 Å². The van der Waals surface area contributed by atoms with E-state index < -0.39 is 0 Å². The number of thiazole rings is 1. The average Bonchev–Trinajstić information content (AvgIpc) is 2.93. The van der Waals surface area contributed by atoms with Gasteiger partial charge in [-0.15, -0.1) is 35.3 Å². The molecule has 2 rings (SSSR count). The monoisotopic (exact) mass is 490 g/mol. The quantitative estimate of drug-likeness (QED) is 0.353. The molecule has 0 radical (unpaired) electrons. The Bertz CT molecular complexity index is 701. The number of aryl methyl sites for hydroxylation is 2. The first-order chi connectivity index (χ1) is 12.0. The van der Waals surface area contributed by atoms with Gasteiger partial charge in [0.25, 0.3) is 0 Å². The molecular formula is C18H27IN4O2S. The van der Waals surface area contributed by atoms with Crippen LogP contribution in [0.1, 0.15) is 22.5 Å². The fourth-order valence-electron chi connectivity index (χ4n) is 2.21. The van der Waals surface area contributed by atoms with E-state index in [4.69, 9.17) is 9.47 Å². The van der Waals surface area contributed by atoms with E-state index in [1.807, 2.05) is 38.1 Å². The molecule has 1 aromatic carbocycles. The van der Waals surface area contributed by atoms with Crippen LogP contribution in [0.25, 0.3) is 0 Å². The van der Waals surface area contributed by atoms with E-state index in [0.29, 0.717) is 13.1 Å². The van der Waals surface area contributed by atoms with Gasteiger partial charge >= 0.3 is 0 Å². The number of hydrogen-bond acceptors (Lipinski definition) is 5. The van der Waals surface area contributed by atoms with Gasteiger partial charge in [0, 0.05) is 11.9 Å². The summed E-state index contributed by atoms with van der Waals surface area (Å²) in [5, 5.41) is 7.60. The summed E-state index contributed by atoms with van der Waals surface area (Å²) in [4.78, 5) is 10.0. The molecule has 8 heteroatoms. The summed E-state index contributed by atoms with van der Waals surface area (Å²) < 4.78 is 11.2. The Morgan fingerprint density at radius 1 is 1.23 bits per heavy atom. The lowest BCUT2D eigenvalue weighted by Crippen LogP contribution is -2.41. The molecule has 2 N–H and O–H groups in total. The zero-order valence-electron chi connectivity index (χ0n) is 15.8. The normalized spacial score (nSPS) is 12.1. The van der Waals surface area contributed by atoms with Crippen molar-refractivity contribution in [2.24, 2.45) is 4.99 Å². The third-order valence-electron chi connectivity index (χ3n) is 3.66. The first-order valence-corrected chi connectivity index (χ1v) is 9.02. The number of nitrogens with one attached hydrogen (secondary N) is 2. The largest absolute Gasteiger partial charge is 0.493 e. The summed E-state index contributed by atoms with van der Waals surface area (Å²) in [5.41, 5.74) is 1.09. The number of aliphatic imine (C=N–C) groups is 1. The van der Waals surface area contributed by atoms with Crippen molar-refractivity contribution >= 4 is 41.3 Å². The van der Waals surface area contributed by atoms with Crippen molar-refractivity contribution in [3.63, 3.8) is 0 Å². The van der Waals surface area contributed by atoms with Crippen LogP contribution in [0.2, 0.25) is 0 Å². The Hall–Kier alpha value is -1.55. The molecule has 26 heavy (non-hydrogen) atoms. The molecule has 1 unspecified atom stereocenters. The molecule has 0 aliphatic carbocycles. The molecule has 0 spiro atoms. The smallest absolute Gasteiger partial charge is 0.191 e. The predicted molar refractivity (Wildman–Crippen MR) is 118 cm³/mol. The van der Waals surface area contributed by atoms with Gasteiger partial charge < -0.3 is 20.1 Å². The van der Waals surface area contributed by atoms with Gasteiger partial charge in [-0.2, -0.15) is 0 Å². The van der Waals surface area contributed by atoms with Gasteiger partial charge in [0.1, 0.15) is 11.1 Å². The van der Waals surface area contributed by atoms with Crippen LogP contribution in [0.15, 0.2) is 29.3 Å². The first kappa shape index (κ1) is 22.5. The molecule has 0 saturated carbocycles. The van der Waals surface area contributed by atoms with Crippen LogP contribution in [-0.2, 0) is 6.54 Å². The minimum atomic E-state index is -0.0424. The molecule has 144 valence electrons. The van der Waals surface area contributed by atoms with E-state index in [-0.39, 0.29) is 30.1 Å².